The lowest BCUT2D eigenvalue weighted by Crippen LogP contribution is -2.60. The van der Waals surface area contributed by atoms with Crippen LogP contribution in [0, 0.1) is 40.9 Å². The summed E-state index contributed by atoms with van der Waals surface area (Å²) in [6.07, 6.45) is -10.6. The first-order chi connectivity index (χ1) is 55.3. The summed E-state index contributed by atoms with van der Waals surface area (Å²) in [4.78, 5) is 257. The van der Waals surface area contributed by atoms with Gasteiger partial charge in [0.1, 0.15) is 59.4 Å². The van der Waals surface area contributed by atoms with Gasteiger partial charge in [0.15, 0.2) is 29.1 Å². The summed E-state index contributed by atoms with van der Waals surface area (Å²) >= 11 is 2.31. The van der Waals surface area contributed by atoms with Crippen molar-refractivity contribution in [1.29, 1.82) is 5.41 Å². The fourth-order valence-corrected chi connectivity index (χ4v) is 14.6. The van der Waals surface area contributed by atoms with Crippen molar-refractivity contribution in [2.45, 2.75) is 250 Å². The minimum Gasteiger partial charge on any atom is -0.481 e. The van der Waals surface area contributed by atoms with E-state index in [1.807, 2.05) is 0 Å². The van der Waals surface area contributed by atoms with Gasteiger partial charge in [-0.3, -0.25) is 102 Å². The van der Waals surface area contributed by atoms with Gasteiger partial charge in [-0.05, 0) is 93.6 Å². The lowest BCUT2D eigenvalue weighted by atomic mass is 9.90. The van der Waals surface area contributed by atoms with E-state index in [2.05, 4.69) is 63.2 Å². The highest BCUT2D eigenvalue weighted by Gasteiger charge is 2.41. The van der Waals surface area contributed by atoms with Gasteiger partial charge in [-0.2, -0.15) is 0 Å². The second kappa shape index (κ2) is 50.4. The zero-order chi connectivity index (χ0) is 89.1. The zero-order valence-electron chi connectivity index (χ0n) is 67.3. The van der Waals surface area contributed by atoms with Crippen molar-refractivity contribution in [3.8, 4) is 0 Å². The largest absolute Gasteiger partial charge is 0.481 e. The third kappa shape index (κ3) is 35.0. The fraction of sp³-hybridized carbons (Fsp3) is 0.662. The molecule has 0 unspecified atom stereocenters. The molecule has 0 aromatic carbocycles. The van der Waals surface area contributed by atoms with Crippen molar-refractivity contribution in [3.63, 3.8) is 0 Å². The van der Waals surface area contributed by atoms with Crippen molar-refractivity contribution in [2.75, 3.05) is 25.5 Å². The number of carbonyl (C=O) groups excluding carboxylic acids is 16. The van der Waals surface area contributed by atoms with Crippen LogP contribution in [0.5, 0.6) is 0 Å². The summed E-state index contributed by atoms with van der Waals surface area (Å²) in [7, 11) is 0. The summed E-state index contributed by atoms with van der Waals surface area (Å²) in [6, 6.07) is -16.9. The molecule has 27 N–H and O–H groups in total. The number of amides is 12. The van der Waals surface area contributed by atoms with Gasteiger partial charge in [0, 0.05) is 63.2 Å². The molecule has 2 aliphatic heterocycles. The number of guanidine groups is 1. The van der Waals surface area contributed by atoms with Crippen LogP contribution in [-0.2, 0) is 92.7 Å². The maximum Gasteiger partial charge on any atom is 0.305 e. The smallest absolute Gasteiger partial charge is 0.305 e. The molecule has 12 amide bonds. The van der Waals surface area contributed by atoms with Gasteiger partial charge in [0.2, 0.25) is 70.9 Å². The number of aliphatic hydroxyl groups is 4. The second-order valence-electron chi connectivity index (χ2n) is 30.1. The minimum absolute atomic E-state index is 0.0600. The van der Waals surface area contributed by atoms with E-state index < -0.39 is 285 Å². The Balaban J connectivity index is 2.22. The van der Waals surface area contributed by atoms with E-state index in [9.17, 15) is 117 Å². The SMILES string of the molecule is CC[C@H](C)[C@@H]1NC(=O)[C@H](CO)CC(=O)[C@H](CO)NC(=O)[C@H](CC(C)C)NC(=O)[C@H]([C@@H](C)O)NC(=O)[C@H]([C@@H](C)O)CC(=O)[C@@H]2CSC(=N2)c2cc(cs2)C[C@@H](C(N)=O)CC(=O)[C@H](CCCCC(=N)N)NC(=O)[C@H](CCCN=C(N)N)NC(=O)[C@H](CC(=O)O)NC(=O)[C@H](C(C)C)NC(=O)[C@H](CCC(N)=O)NC(=O)[C@H](CC(=O)O)NC(=O)CCC1=O. The number of nitrogens with two attached hydrogens (primary N) is 5. The molecule has 3 heterocycles. The van der Waals surface area contributed by atoms with E-state index in [0.29, 0.717) is 15.5 Å². The van der Waals surface area contributed by atoms with Gasteiger partial charge in [0.25, 0.3) is 0 Å². The third-order valence-electron chi connectivity index (χ3n) is 19.4. The molecule has 0 aliphatic carbocycles. The molecule has 0 spiro atoms. The summed E-state index contributed by atoms with van der Waals surface area (Å²) in [5, 5.41) is 96.1. The highest BCUT2D eigenvalue weighted by Crippen LogP contribution is 2.31. The molecule has 3 rings (SSSR count). The first-order valence-electron chi connectivity index (χ1n) is 38.7. The van der Waals surface area contributed by atoms with Crippen molar-refractivity contribution >= 4 is 146 Å². The summed E-state index contributed by atoms with van der Waals surface area (Å²) < 4.78 is 0. The van der Waals surface area contributed by atoms with Crippen LogP contribution >= 0.6 is 23.1 Å². The number of fused-ring (bicyclic) bond motifs is 4. The molecule has 118 heavy (non-hydrogen) atoms. The summed E-state index contributed by atoms with van der Waals surface area (Å²) in [5.74, 6) is -27.2. The van der Waals surface area contributed by atoms with E-state index in [0.717, 1.165) is 30.0 Å². The monoisotopic (exact) mass is 1700 g/mol. The Morgan fingerprint density at radius 2 is 1.07 bits per heavy atom. The Morgan fingerprint density at radius 3 is 1.61 bits per heavy atom. The Morgan fingerprint density at radius 1 is 0.542 bits per heavy atom. The number of rotatable bonds is 26. The van der Waals surface area contributed by atoms with Crippen LogP contribution in [0.25, 0.3) is 0 Å². The standard InChI is InChI=1S/C74H116N18O24S2/c1-9-35(6)61-50(97)17-19-57(102)82-46(27-58(103)104)69(113)85-44(16-18-56(77)101)67(111)90-60(34(4)5)71(115)87-47(28-59(105)106)70(114)84-43(14-12-20-81-74(79)80)66(110)83-42(13-10-11-15-55(75)76)51(98)24-39(63(78)107)22-38-23-54(117-31-38)73-89-49(32-118-73)53(100)26-41(36(7)95)65(109)92-62(37(8)96)72(116)86-45(21-33(2)3)68(112)88-48(30-94)52(99)25-40(29-93)64(108)91-61/h23,31,33-37,39-49,60-62,93-96H,9-22,24-30,32H2,1-8H3,(H3,75,76)(H2,77,101)(H2,78,107)(H,82,102)(H,83,110)(H,84,114)(H,85,113)(H,86,116)(H,87,115)(H,88,112)(H,90,111)(H,91,108)(H,92,109)(H,103,104)(H,105,106)(H4,79,80,81)/t35-,36+,37+,39+,40-,41-,42-,43-,44-,45-,46-,47-,48-,49-,60-,61-,62-/m0/s1. The summed E-state index contributed by atoms with van der Waals surface area (Å²) in [6.45, 7) is 9.32. The molecule has 0 saturated carbocycles. The van der Waals surface area contributed by atoms with Crippen LogP contribution < -0.4 is 81.8 Å². The number of carbonyl (C=O) groups is 18. The number of nitrogens with one attached hydrogen (secondary N) is 11. The maximum absolute atomic E-state index is 14.6. The molecule has 4 bridgehead atoms. The molecule has 658 valence electrons. The Hall–Kier alpha value is -10.4. The number of hydrogen-bond donors (Lipinski definition) is 22. The molecule has 0 saturated heterocycles. The van der Waals surface area contributed by atoms with Gasteiger partial charge >= 0.3 is 11.9 Å². The number of Topliss-reactive ketones (excluding diaryl/α,β-unsaturated/α-hetero) is 4. The first-order valence-corrected chi connectivity index (χ1v) is 40.6. The fourth-order valence-electron chi connectivity index (χ4n) is 12.4. The lowest BCUT2D eigenvalue weighted by Gasteiger charge is -2.28. The van der Waals surface area contributed by atoms with Gasteiger partial charge in [0.05, 0.1) is 72.9 Å². The van der Waals surface area contributed by atoms with Crippen LogP contribution in [0.1, 0.15) is 175 Å². The molecule has 1 aromatic rings. The predicted octanol–water partition coefficient (Wildman–Crippen LogP) is -5.17. The van der Waals surface area contributed by atoms with Crippen LogP contribution in [-0.4, -0.2) is 258 Å². The molecular weight excluding hydrogens is 1590 g/mol. The number of aliphatic hydroxyl groups excluding tert-OH is 4. The number of unbranched alkanes of at least 4 members (excludes halogenated alkanes) is 1. The number of hydrogen-bond acceptors (Lipinski definition) is 27. The van der Waals surface area contributed by atoms with Crippen molar-refractivity contribution in [3.05, 3.63) is 21.9 Å². The van der Waals surface area contributed by atoms with Gasteiger partial charge in [-0.1, -0.05) is 54.4 Å². The molecule has 2 aliphatic rings. The first kappa shape index (κ1) is 102. The highest BCUT2D eigenvalue weighted by molar-refractivity contribution is 8.15. The quantitative estimate of drug-likeness (QED) is 0.0234. The molecular formula is C74H116N18O24S2. The van der Waals surface area contributed by atoms with Crippen LogP contribution in [0.15, 0.2) is 21.4 Å². The molecule has 1 aromatic heterocycles. The average molecular weight is 1710 g/mol. The lowest BCUT2D eigenvalue weighted by molar-refractivity contribution is -0.142. The number of thioether (sulfide) groups is 1. The summed E-state index contributed by atoms with van der Waals surface area (Å²) in [5.41, 5.74) is 28.5. The number of carboxylic acid groups (broad SMARTS) is 2. The zero-order valence-corrected chi connectivity index (χ0v) is 68.9. The maximum atomic E-state index is 14.6. The van der Waals surface area contributed by atoms with Crippen LogP contribution in [0.2, 0.25) is 0 Å². The number of primary amides is 2. The minimum atomic E-state index is -2.06. The highest BCUT2D eigenvalue weighted by atomic mass is 32.2. The average Bonchev–Trinajstić information content (AvgIpc) is 1.55. The number of ketones is 4. The Kier molecular flexibility index (Phi) is 43.4. The van der Waals surface area contributed by atoms with E-state index in [-0.39, 0.29) is 87.8 Å². The molecule has 17 atom stereocenters. The van der Waals surface area contributed by atoms with Crippen LogP contribution in [0.3, 0.4) is 0 Å². The van der Waals surface area contributed by atoms with E-state index in [1.54, 1.807) is 32.2 Å². The third-order valence-corrected chi connectivity index (χ3v) is 21.6. The Labute approximate surface area is 689 Å². The van der Waals surface area contributed by atoms with E-state index in [1.165, 1.54) is 27.7 Å². The normalized spacial score (nSPS) is 26.1. The van der Waals surface area contributed by atoms with Crippen molar-refractivity contribution in [1.82, 2.24) is 53.2 Å². The number of amidine groups is 1. The molecule has 0 radical (unpaired) electrons. The van der Waals surface area contributed by atoms with Gasteiger partial charge < -0.3 is 112 Å². The van der Waals surface area contributed by atoms with Gasteiger partial charge in [-0.15, -0.1) is 23.1 Å². The Bertz CT molecular complexity index is 3830. The van der Waals surface area contributed by atoms with Gasteiger partial charge in [-0.25, -0.2) is 0 Å². The van der Waals surface area contributed by atoms with E-state index in [4.69, 9.17) is 34.1 Å². The predicted molar refractivity (Wildman–Crippen MR) is 427 cm³/mol. The number of aliphatic carboxylic acids is 2. The van der Waals surface area contributed by atoms with Crippen molar-refractivity contribution < 1.29 is 117 Å². The molecule has 42 nitrogen and oxygen atoms in total. The van der Waals surface area contributed by atoms with E-state index >= 15 is 0 Å². The number of aliphatic imine (C=N–C) groups is 2. The van der Waals surface area contributed by atoms with Crippen molar-refractivity contribution in [2.24, 2.45) is 74.2 Å². The molecule has 0 fully saturated rings. The molecule has 44 heteroatoms. The number of carboxylic acids is 2. The van der Waals surface area contributed by atoms with Crippen LogP contribution in [0.4, 0.5) is 0 Å². The second-order valence-corrected chi connectivity index (χ2v) is 32.1. The number of nitrogens with zero attached hydrogens (tertiary/aromatic N) is 2. The number of thiophene rings is 1. The topological polar surface area (TPSA) is 728 Å².